The van der Waals surface area contributed by atoms with E-state index in [1.165, 1.54) is 6.20 Å². The van der Waals surface area contributed by atoms with Gasteiger partial charge in [0.25, 0.3) is 0 Å². The Morgan fingerprint density at radius 2 is 3.00 bits per heavy atom. The van der Waals surface area contributed by atoms with Crippen molar-refractivity contribution in [1.82, 2.24) is 4.98 Å². The standard InChI is InChI=1S/C4H6N2O/c5-1-4-2-6-3-7-4/h2-3H,1,5H2/i1D2. The minimum absolute atomic E-state index is 0.0440. The summed E-state index contributed by atoms with van der Waals surface area (Å²) < 4.78 is 18.4. The van der Waals surface area contributed by atoms with Crippen LogP contribution in [0.15, 0.2) is 17.0 Å². The van der Waals surface area contributed by atoms with Crippen LogP contribution in [0.1, 0.15) is 8.50 Å². The van der Waals surface area contributed by atoms with E-state index in [-0.39, 0.29) is 5.76 Å². The van der Waals surface area contributed by atoms with Crippen LogP contribution in [-0.4, -0.2) is 4.98 Å². The van der Waals surface area contributed by atoms with Crippen LogP contribution in [0.4, 0.5) is 0 Å². The average molecular weight is 100 g/mol. The van der Waals surface area contributed by atoms with Gasteiger partial charge in [-0.25, -0.2) is 4.98 Å². The molecule has 0 bridgehead atoms. The molecule has 3 nitrogen and oxygen atoms in total. The molecule has 0 saturated heterocycles. The summed E-state index contributed by atoms with van der Waals surface area (Å²) in [6.07, 6.45) is 2.39. The summed E-state index contributed by atoms with van der Waals surface area (Å²) in [5.74, 6) is 0.0440. The highest BCUT2D eigenvalue weighted by atomic mass is 16.3. The molecule has 0 saturated carbocycles. The highest BCUT2D eigenvalue weighted by molar-refractivity contribution is 4.85. The lowest BCUT2D eigenvalue weighted by Gasteiger charge is -1.78. The minimum Gasteiger partial charge on any atom is -0.447 e. The normalized spacial score (nSPS) is 15.6. The van der Waals surface area contributed by atoms with Crippen LogP contribution in [0.3, 0.4) is 0 Å². The molecule has 0 aliphatic heterocycles. The smallest absolute Gasteiger partial charge is 0.180 e. The monoisotopic (exact) mass is 100 g/mol. The Morgan fingerprint density at radius 3 is 3.29 bits per heavy atom. The fourth-order valence-electron chi connectivity index (χ4n) is 0.287. The Hall–Kier alpha value is -0.830. The molecule has 0 unspecified atom stereocenters. The number of nitrogens with two attached hydrogens (primary N) is 1. The Balaban J connectivity index is 2.90. The number of nitrogens with zero attached hydrogens (tertiary/aromatic N) is 1. The van der Waals surface area contributed by atoms with E-state index < -0.39 is 6.50 Å². The second kappa shape index (κ2) is 1.75. The molecular formula is C4H6N2O. The Kier molecular flexibility index (Phi) is 0.617. The molecule has 1 rings (SSSR count). The van der Waals surface area contributed by atoms with Gasteiger partial charge in [-0.3, -0.25) is 0 Å². The summed E-state index contributed by atoms with van der Waals surface area (Å²) in [6, 6.07) is 0. The summed E-state index contributed by atoms with van der Waals surface area (Å²) in [5, 5.41) is 0. The number of hydrogen-bond acceptors (Lipinski definition) is 3. The summed E-state index contributed by atoms with van der Waals surface area (Å²) in [7, 11) is 0. The number of rotatable bonds is 1. The van der Waals surface area contributed by atoms with Crippen LogP contribution in [-0.2, 0) is 6.50 Å². The molecule has 0 amide bonds. The summed E-state index contributed by atoms with van der Waals surface area (Å²) in [6.45, 7) is -1.91. The van der Waals surface area contributed by atoms with Gasteiger partial charge in [0.1, 0.15) is 5.76 Å². The van der Waals surface area contributed by atoms with Crippen molar-refractivity contribution in [2.24, 2.45) is 5.73 Å². The molecule has 1 aromatic heterocycles. The minimum atomic E-state index is -1.91. The van der Waals surface area contributed by atoms with E-state index in [0.717, 1.165) is 6.39 Å². The van der Waals surface area contributed by atoms with Crippen molar-refractivity contribution >= 4 is 0 Å². The predicted molar refractivity (Wildman–Crippen MR) is 24.4 cm³/mol. The second-order valence-corrected chi connectivity index (χ2v) is 1.01. The average Bonchev–Trinajstić information content (AvgIpc) is 2.08. The zero-order valence-electron chi connectivity index (χ0n) is 5.59. The van der Waals surface area contributed by atoms with Gasteiger partial charge in [-0.05, 0) is 0 Å². The third-order valence-electron chi connectivity index (χ3n) is 0.575. The molecule has 0 atom stereocenters. The molecule has 3 heteroatoms. The molecule has 0 aromatic carbocycles. The van der Waals surface area contributed by atoms with Gasteiger partial charge >= 0.3 is 0 Å². The van der Waals surface area contributed by atoms with Gasteiger partial charge in [-0.2, -0.15) is 0 Å². The molecule has 0 spiro atoms. The Morgan fingerprint density at radius 1 is 2.14 bits per heavy atom. The van der Waals surface area contributed by atoms with E-state index in [4.69, 9.17) is 8.48 Å². The van der Waals surface area contributed by atoms with Crippen LogP contribution in [0.2, 0.25) is 0 Å². The Labute approximate surface area is 44.0 Å². The molecule has 1 heterocycles. The molecule has 7 heavy (non-hydrogen) atoms. The lowest BCUT2D eigenvalue weighted by molar-refractivity contribution is 0.506. The maximum Gasteiger partial charge on any atom is 0.180 e. The largest absolute Gasteiger partial charge is 0.447 e. The molecule has 0 radical (unpaired) electrons. The first-order chi connectivity index (χ1) is 4.11. The number of oxazole rings is 1. The summed E-state index contributed by atoms with van der Waals surface area (Å²) >= 11 is 0. The molecule has 0 fully saturated rings. The first-order valence-corrected chi connectivity index (χ1v) is 1.78. The van der Waals surface area contributed by atoms with Crippen molar-refractivity contribution in [3.05, 3.63) is 18.4 Å². The summed E-state index contributed by atoms with van der Waals surface area (Å²) in [4.78, 5) is 3.50. The van der Waals surface area contributed by atoms with E-state index in [1.54, 1.807) is 0 Å². The maximum absolute atomic E-state index is 6.90. The van der Waals surface area contributed by atoms with Gasteiger partial charge in [0.15, 0.2) is 6.39 Å². The topological polar surface area (TPSA) is 52.0 Å². The van der Waals surface area contributed by atoms with E-state index in [0.29, 0.717) is 0 Å². The van der Waals surface area contributed by atoms with E-state index >= 15 is 0 Å². The van der Waals surface area contributed by atoms with Crippen LogP contribution in [0, 0.1) is 0 Å². The van der Waals surface area contributed by atoms with E-state index in [2.05, 4.69) is 9.40 Å². The number of hydrogen-bond donors (Lipinski definition) is 1. The lowest BCUT2D eigenvalue weighted by atomic mass is 10.5. The zero-order valence-corrected chi connectivity index (χ0v) is 3.59. The summed E-state index contributed by atoms with van der Waals surface area (Å²) in [5.41, 5.74) is 5.00. The van der Waals surface area contributed by atoms with Crippen LogP contribution >= 0.6 is 0 Å². The van der Waals surface area contributed by atoms with Crippen LogP contribution in [0.5, 0.6) is 0 Å². The number of aromatic nitrogens is 1. The molecule has 2 N–H and O–H groups in total. The van der Waals surface area contributed by atoms with Crippen molar-refractivity contribution in [2.45, 2.75) is 6.50 Å². The first kappa shape index (κ1) is 2.47. The third-order valence-corrected chi connectivity index (χ3v) is 0.575. The van der Waals surface area contributed by atoms with Crippen molar-refractivity contribution in [2.75, 3.05) is 0 Å². The van der Waals surface area contributed by atoms with Crippen molar-refractivity contribution < 1.29 is 7.16 Å². The van der Waals surface area contributed by atoms with Gasteiger partial charge in [-0.15, -0.1) is 0 Å². The SMILES string of the molecule is [2H]C([2H])(N)c1cnco1. The third kappa shape index (κ3) is 0.778. The van der Waals surface area contributed by atoms with Crippen molar-refractivity contribution in [3.63, 3.8) is 0 Å². The second-order valence-electron chi connectivity index (χ2n) is 1.01. The fraction of sp³-hybridized carbons (Fsp3) is 0.250. The van der Waals surface area contributed by atoms with Gasteiger partial charge in [0, 0.05) is 0 Å². The van der Waals surface area contributed by atoms with E-state index in [9.17, 15) is 0 Å². The van der Waals surface area contributed by atoms with Crippen molar-refractivity contribution in [3.8, 4) is 0 Å². The zero-order chi connectivity index (χ0) is 6.91. The van der Waals surface area contributed by atoms with Crippen molar-refractivity contribution in [1.29, 1.82) is 0 Å². The van der Waals surface area contributed by atoms with Gasteiger partial charge in [0.05, 0.1) is 15.4 Å². The molecular weight excluding hydrogens is 92.1 g/mol. The van der Waals surface area contributed by atoms with Crippen LogP contribution < -0.4 is 5.73 Å². The molecule has 0 aliphatic carbocycles. The van der Waals surface area contributed by atoms with Gasteiger partial charge in [-0.1, -0.05) is 0 Å². The maximum atomic E-state index is 6.90. The fourth-order valence-corrected chi connectivity index (χ4v) is 0.287. The first-order valence-electron chi connectivity index (χ1n) is 2.78. The highest BCUT2D eigenvalue weighted by Crippen LogP contribution is 1.91. The van der Waals surface area contributed by atoms with Gasteiger partial charge in [0.2, 0.25) is 0 Å². The Bertz CT molecular complexity index is 179. The molecule has 0 aliphatic rings. The molecule has 38 valence electrons. The van der Waals surface area contributed by atoms with Crippen LogP contribution in [0.25, 0.3) is 0 Å². The van der Waals surface area contributed by atoms with E-state index in [1.807, 2.05) is 0 Å². The predicted octanol–water partition coefficient (Wildman–Crippen LogP) is 0.133. The molecule has 1 aromatic rings. The highest BCUT2D eigenvalue weighted by Gasteiger charge is 1.86. The quantitative estimate of drug-likeness (QED) is 0.545. The van der Waals surface area contributed by atoms with Gasteiger partial charge < -0.3 is 10.2 Å². The lowest BCUT2D eigenvalue weighted by Crippen LogP contribution is -1.92.